The average molecular weight is 488 g/mol. The smallest absolute Gasteiger partial charge is 0.548 e. The summed E-state index contributed by atoms with van der Waals surface area (Å²) in [5, 5.41) is 46.1. The zero-order valence-corrected chi connectivity index (χ0v) is 23.3. The second-order valence-electron chi connectivity index (χ2n) is 12.2. The molecular weight excluding hydrogens is 445 g/mol. The van der Waals surface area contributed by atoms with Crippen LogP contribution in [0.3, 0.4) is 0 Å². The molecule has 4 aliphatic rings. The van der Waals surface area contributed by atoms with Crippen LogP contribution in [0.2, 0.25) is 0 Å². The summed E-state index contributed by atoms with van der Waals surface area (Å²) in [6.45, 7) is 6.21. The molecule has 0 aromatic rings. The van der Waals surface area contributed by atoms with Gasteiger partial charge in [-0.05, 0) is 97.7 Å². The fraction of sp³-hybridized carbons (Fsp3) is 0.923. The summed E-state index contributed by atoms with van der Waals surface area (Å²) in [5.74, 6) is -0.0789. The fourth-order valence-corrected chi connectivity index (χ4v) is 8.95. The van der Waals surface area contributed by atoms with Crippen molar-refractivity contribution in [1.29, 1.82) is 0 Å². The third kappa shape index (κ3) is 4.87. The molecule has 0 spiro atoms. The Bertz CT molecular complexity index is 766. The van der Waals surface area contributed by atoms with Gasteiger partial charge in [-0.25, -0.2) is 0 Å². The number of aliphatic hydroxyl groups is 3. The van der Waals surface area contributed by atoms with Crippen LogP contribution in [0.25, 0.3) is 0 Å². The van der Waals surface area contributed by atoms with Crippen molar-refractivity contribution in [3.8, 4) is 0 Å². The van der Waals surface area contributed by atoms with Crippen LogP contribution in [-0.4, -0.2) is 52.1 Å². The number of aliphatic hydroxyl groups excluding tert-OH is 3. The molecule has 34 heavy (non-hydrogen) atoms. The largest absolute Gasteiger partial charge is 1.00 e. The van der Waals surface area contributed by atoms with Gasteiger partial charge in [-0.1, -0.05) is 20.8 Å². The predicted octanol–water partition coefficient (Wildman–Crippen LogP) is -1.77. The number of carbonyl (C=O) groups is 2. The number of carboxylic acid groups (broad SMARTS) is 1. The van der Waals surface area contributed by atoms with Gasteiger partial charge in [0.2, 0.25) is 5.91 Å². The van der Waals surface area contributed by atoms with Crippen molar-refractivity contribution in [2.75, 3.05) is 6.54 Å². The van der Waals surface area contributed by atoms with Crippen LogP contribution >= 0.6 is 0 Å². The summed E-state index contributed by atoms with van der Waals surface area (Å²) in [4.78, 5) is 22.6. The molecule has 0 bridgehead atoms. The van der Waals surface area contributed by atoms with Crippen LogP contribution in [-0.2, 0) is 9.59 Å². The van der Waals surface area contributed by atoms with Crippen LogP contribution in [0.5, 0.6) is 0 Å². The monoisotopic (exact) mass is 487 g/mol. The molecule has 7 nitrogen and oxygen atoms in total. The number of carboxylic acids is 1. The van der Waals surface area contributed by atoms with E-state index in [-0.39, 0.29) is 94.5 Å². The molecule has 4 N–H and O–H groups in total. The first-order valence-corrected chi connectivity index (χ1v) is 13.0. The fourth-order valence-electron chi connectivity index (χ4n) is 8.95. The maximum absolute atomic E-state index is 12.0. The Kier molecular flexibility index (Phi) is 8.91. The molecule has 11 atom stereocenters. The molecule has 0 aromatic carbocycles. The van der Waals surface area contributed by atoms with E-state index in [1.165, 1.54) is 0 Å². The molecule has 0 aromatic heterocycles. The van der Waals surface area contributed by atoms with E-state index in [1.807, 2.05) is 0 Å². The minimum atomic E-state index is -1.29. The van der Waals surface area contributed by atoms with E-state index < -0.39 is 18.6 Å². The van der Waals surface area contributed by atoms with E-state index in [2.05, 4.69) is 26.1 Å². The normalized spacial score (nSPS) is 46.3. The first kappa shape index (κ1) is 28.4. The van der Waals surface area contributed by atoms with Gasteiger partial charge in [0.1, 0.15) is 0 Å². The Morgan fingerprint density at radius 1 is 1.06 bits per heavy atom. The van der Waals surface area contributed by atoms with Gasteiger partial charge in [0.05, 0.1) is 30.8 Å². The van der Waals surface area contributed by atoms with Crippen molar-refractivity contribution in [3.63, 3.8) is 0 Å². The maximum atomic E-state index is 12.0. The molecule has 4 saturated carbocycles. The Morgan fingerprint density at radius 3 is 2.44 bits per heavy atom. The number of hydrogen-bond acceptors (Lipinski definition) is 6. The van der Waals surface area contributed by atoms with Crippen molar-refractivity contribution in [3.05, 3.63) is 0 Å². The third-order valence-electron chi connectivity index (χ3n) is 10.8. The zero-order chi connectivity index (χ0) is 24.1. The van der Waals surface area contributed by atoms with E-state index in [4.69, 9.17) is 0 Å². The second kappa shape index (κ2) is 10.7. The van der Waals surface area contributed by atoms with Gasteiger partial charge in [-0.2, -0.15) is 0 Å². The van der Waals surface area contributed by atoms with Crippen LogP contribution in [0.4, 0.5) is 0 Å². The number of nitrogens with one attached hydrogen (secondary N) is 1. The number of carbonyl (C=O) groups excluding carboxylic acids is 2. The predicted molar refractivity (Wildman–Crippen MR) is 120 cm³/mol. The molecule has 0 heterocycles. The first-order valence-electron chi connectivity index (χ1n) is 13.0. The Morgan fingerprint density at radius 2 is 1.76 bits per heavy atom. The van der Waals surface area contributed by atoms with Crippen LogP contribution in [0.1, 0.15) is 78.6 Å². The molecule has 0 saturated heterocycles. The molecule has 1 amide bonds. The quantitative estimate of drug-likeness (QED) is 0.328. The van der Waals surface area contributed by atoms with Gasteiger partial charge in [-0.15, -0.1) is 0 Å². The van der Waals surface area contributed by atoms with Gasteiger partial charge in [0.25, 0.3) is 0 Å². The maximum Gasteiger partial charge on any atom is 1.00 e. The molecular formula is C26H42NNaO6. The van der Waals surface area contributed by atoms with Crippen molar-refractivity contribution >= 4 is 11.9 Å². The topological polar surface area (TPSA) is 130 Å². The van der Waals surface area contributed by atoms with E-state index in [0.717, 1.165) is 38.5 Å². The summed E-state index contributed by atoms with van der Waals surface area (Å²) in [5.41, 5.74) is -0.230. The third-order valence-corrected chi connectivity index (χ3v) is 10.8. The first-order chi connectivity index (χ1) is 15.5. The van der Waals surface area contributed by atoms with Crippen molar-refractivity contribution in [2.45, 2.75) is 96.9 Å². The number of fused-ring (bicyclic) bond motifs is 5. The average Bonchev–Trinajstić information content (AvgIpc) is 3.11. The standard InChI is InChI=1S/C26H43NO6.Na/c1-14(4-7-22(31)27-13-23(32)33)17-5-6-18-24-19(12-21(30)26(17,18)3)25(2)9-8-16(28)10-15(25)11-20(24)29;/h14-21,24,28-30H,4-13H2,1-3H3,(H,27,31)(H,32,33);/q;+1/p-1/t14-,15?,16-,17-,18+,19+,20-,21+,24?,25?,26-;/m1./s1. The Labute approximate surface area is 225 Å². The molecule has 0 aliphatic heterocycles. The minimum Gasteiger partial charge on any atom is -0.548 e. The second-order valence-corrected chi connectivity index (χ2v) is 12.2. The van der Waals surface area contributed by atoms with Gasteiger partial charge in [0, 0.05) is 6.42 Å². The van der Waals surface area contributed by atoms with Crippen molar-refractivity contribution < 1.29 is 59.6 Å². The molecule has 4 fully saturated rings. The van der Waals surface area contributed by atoms with Gasteiger partial charge >= 0.3 is 29.6 Å². The zero-order valence-electron chi connectivity index (χ0n) is 21.3. The van der Waals surface area contributed by atoms with Crippen molar-refractivity contribution in [1.82, 2.24) is 5.32 Å². The molecule has 0 radical (unpaired) electrons. The van der Waals surface area contributed by atoms with E-state index in [1.54, 1.807) is 0 Å². The van der Waals surface area contributed by atoms with Gasteiger partial charge < -0.3 is 30.5 Å². The van der Waals surface area contributed by atoms with Gasteiger partial charge in [-0.3, -0.25) is 4.79 Å². The van der Waals surface area contributed by atoms with Crippen LogP contribution in [0, 0.1) is 46.3 Å². The molecule has 4 aliphatic carbocycles. The summed E-state index contributed by atoms with van der Waals surface area (Å²) in [6.07, 6.45) is 5.75. The Hall–Kier alpha value is -0.180. The number of rotatable bonds is 6. The van der Waals surface area contributed by atoms with E-state index in [0.29, 0.717) is 18.8 Å². The summed E-state index contributed by atoms with van der Waals surface area (Å²) in [7, 11) is 0. The summed E-state index contributed by atoms with van der Waals surface area (Å²) < 4.78 is 0. The van der Waals surface area contributed by atoms with Crippen LogP contribution in [0.15, 0.2) is 0 Å². The molecule has 4 rings (SSSR count). The number of hydrogen-bond donors (Lipinski definition) is 4. The Balaban J connectivity index is 0.00000324. The molecule has 188 valence electrons. The van der Waals surface area contributed by atoms with Gasteiger partial charge in [0.15, 0.2) is 0 Å². The summed E-state index contributed by atoms with van der Waals surface area (Å²) in [6, 6.07) is 0. The number of amides is 1. The molecule has 3 unspecified atom stereocenters. The van der Waals surface area contributed by atoms with E-state index >= 15 is 0 Å². The van der Waals surface area contributed by atoms with E-state index in [9.17, 15) is 30.0 Å². The minimum absolute atomic E-state index is 0. The summed E-state index contributed by atoms with van der Waals surface area (Å²) >= 11 is 0. The molecule has 8 heteroatoms. The SMILES string of the molecule is C[C@H](CCC(=O)NCC(=O)[O-])[C@H]1CC[C@H]2C3[C@H](O)CC4C[C@H](O)CCC4(C)[C@H]3C[C@H](O)[C@]12C.[Na+]. The van der Waals surface area contributed by atoms with Crippen molar-refractivity contribution in [2.24, 2.45) is 46.3 Å². The van der Waals surface area contributed by atoms with Crippen LogP contribution < -0.4 is 40.0 Å². The number of aliphatic carboxylic acids is 1.